The van der Waals surface area contributed by atoms with E-state index in [1.807, 2.05) is 0 Å². The van der Waals surface area contributed by atoms with Gasteiger partial charge in [-0.3, -0.25) is 9.59 Å². The minimum absolute atomic E-state index is 0.0353. The zero-order valence-electron chi connectivity index (χ0n) is 12.5. The predicted octanol–water partition coefficient (Wildman–Crippen LogP) is 1.55. The normalized spacial score (nSPS) is 11.0. The van der Waals surface area contributed by atoms with Crippen LogP contribution in [0.3, 0.4) is 0 Å². The van der Waals surface area contributed by atoms with E-state index in [0.29, 0.717) is 24.5 Å². The summed E-state index contributed by atoms with van der Waals surface area (Å²) in [6, 6.07) is 6.80. The van der Waals surface area contributed by atoms with Gasteiger partial charge in [0.1, 0.15) is 12.4 Å². The van der Waals surface area contributed by atoms with Crippen molar-refractivity contribution in [3.8, 4) is 5.75 Å². The minimum atomic E-state index is -1.03. The fourth-order valence-corrected chi connectivity index (χ4v) is 1.49. The Morgan fingerprint density at radius 3 is 2.52 bits per heavy atom. The van der Waals surface area contributed by atoms with Gasteiger partial charge in [-0.2, -0.15) is 0 Å². The number of amides is 1. The molecule has 0 saturated carbocycles. The predicted molar refractivity (Wildman–Crippen MR) is 77.6 cm³/mol. The molecule has 0 aliphatic heterocycles. The van der Waals surface area contributed by atoms with E-state index in [-0.39, 0.29) is 12.5 Å². The van der Waals surface area contributed by atoms with Gasteiger partial charge in [0.05, 0.1) is 17.6 Å². The lowest BCUT2D eigenvalue weighted by molar-refractivity contribution is -0.146. The minimum Gasteiger partial charge on any atom is -0.490 e. The highest BCUT2D eigenvalue weighted by molar-refractivity contribution is 5.97. The highest BCUT2D eigenvalue weighted by Gasteiger charge is 2.28. The second-order valence-electron chi connectivity index (χ2n) is 5.21. The standard InChI is InChI=1S/C15H21NO5/c1-15(2,14(18)19)10-16-13(17)11-6-4-5-7-12(11)21-9-8-20-3/h4-7H,8-10H2,1-3H3,(H,16,17)(H,18,19). The van der Waals surface area contributed by atoms with Crippen molar-refractivity contribution in [3.63, 3.8) is 0 Å². The molecule has 2 N–H and O–H groups in total. The van der Waals surface area contributed by atoms with E-state index in [1.165, 1.54) is 0 Å². The molecule has 1 amide bonds. The Kier molecular flexibility index (Phi) is 6.17. The monoisotopic (exact) mass is 295 g/mol. The van der Waals surface area contributed by atoms with E-state index >= 15 is 0 Å². The molecule has 1 aromatic rings. The number of hydrogen-bond acceptors (Lipinski definition) is 4. The van der Waals surface area contributed by atoms with Crippen molar-refractivity contribution in [2.45, 2.75) is 13.8 Å². The molecule has 0 aliphatic carbocycles. The summed E-state index contributed by atoms with van der Waals surface area (Å²) in [5.41, 5.74) is -0.656. The molecule has 116 valence electrons. The van der Waals surface area contributed by atoms with Gasteiger partial charge in [0.2, 0.25) is 0 Å². The fraction of sp³-hybridized carbons (Fsp3) is 0.467. The summed E-state index contributed by atoms with van der Waals surface area (Å²) in [5, 5.41) is 11.7. The molecule has 6 nitrogen and oxygen atoms in total. The van der Waals surface area contributed by atoms with Gasteiger partial charge in [-0.05, 0) is 26.0 Å². The third-order valence-electron chi connectivity index (χ3n) is 2.95. The second kappa shape index (κ2) is 7.64. The average Bonchev–Trinajstić information content (AvgIpc) is 2.45. The molecule has 1 rings (SSSR count). The third-order valence-corrected chi connectivity index (χ3v) is 2.95. The molecular formula is C15H21NO5. The van der Waals surface area contributed by atoms with Crippen molar-refractivity contribution in [1.29, 1.82) is 0 Å². The maximum absolute atomic E-state index is 12.2. The topological polar surface area (TPSA) is 84.9 Å². The molecule has 0 spiro atoms. The molecule has 21 heavy (non-hydrogen) atoms. The van der Waals surface area contributed by atoms with E-state index in [2.05, 4.69) is 5.32 Å². The molecule has 6 heteroatoms. The van der Waals surface area contributed by atoms with Gasteiger partial charge in [0, 0.05) is 13.7 Å². The number of para-hydroxylation sites is 1. The summed E-state index contributed by atoms with van der Waals surface area (Å²) in [5.74, 6) is -0.884. The van der Waals surface area contributed by atoms with Gasteiger partial charge in [-0.15, -0.1) is 0 Å². The summed E-state index contributed by atoms with van der Waals surface area (Å²) in [6.45, 7) is 3.89. The van der Waals surface area contributed by atoms with Gasteiger partial charge in [-0.1, -0.05) is 12.1 Å². The smallest absolute Gasteiger partial charge is 0.310 e. The van der Waals surface area contributed by atoms with E-state index in [0.717, 1.165) is 0 Å². The van der Waals surface area contributed by atoms with Crippen LogP contribution in [0.25, 0.3) is 0 Å². The zero-order chi connectivity index (χ0) is 15.9. The lowest BCUT2D eigenvalue weighted by atomic mass is 9.94. The number of benzene rings is 1. The molecule has 0 aliphatic rings. The first-order chi connectivity index (χ1) is 9.88. The van der Waals surface area contributed by atoms with Crippen molar-refractivity contribution < 1.29 is 24.2 Å². The van der Waals surface area contributed by atoms with Crippen molar-refractivity contribution >= 4 is 11.9 Å². The number of carboxylic acid groups (broad SMARTS) is 1. The number of carbonyl (C=O) groups excluding carboxylic acids is 1. The van der Waals surface area contributed by atoms with Crippen LogP contribution in [-0.4, -0.2) is 43.9 Å². The van der Waals surface area contributed by atoms with Gasteiger partial charge in [-0.25, -0.2) is 0 Å². The lowest BCUT2D eigenvalue weighted by Gasteiger charge is -2.20. The summed E-state index contributed by atoms with van der Waals surface area (Å²) >= 11 is 0. The molecule has 1 aromatic carbocycles. The number of methoxy groups -OCH3 is 1. The molecule has 0 bridgehead atoms. The molecule has 0 heterocycles. The second-order valence-corrected chi connectivity index (χ2v) is 5.21. The summed E-state index contributed by atoms with van der Waals surface area (Å²) in [4.78, 5) is 23.2. The quantitative estimate of drug-likeness (QED) is 0.711. The van der Waals surface area contributed by atoms with Crippen molar-refractivity contribution in [3.05, 3.63) is 29.8 Å². The summed E-state index contributed by atoms with van der Waals surface area (Å²) < 4.78 is 10.4. The Labute approximate surface area is 124 Å². The average molecular weight is 295 g/mol. The summed E-state index contributed by atoms with van der Waals surface area (Å²) in [7, 11) is 1.57. The van der Waals surface area contributed by atoms with E-state index in [1.54, 1.807) is 45.2 Å². The van der Waals surface area contributed by atoms with E-state index in [4.69, 9.17) is 14.6 Å². The molecule has 0 radical (unpaired) electrons. The Bertz CT molecular complexity index is 499. The Hall–Kier alpha value is -2.08. The van der Waals surface area contributed by atoms with Crippen molar-refractivity contribution in [2.24, 2.45) is 5.41 Å². The first-order valence-corrected chi connectivity index (χ1v) is 6.61. The number of aliphatic carboxylic acids is 1. The Morgan fingerprint density at radius 2 is 1.90 bits per heavy atom. The molecular weight excluding hydrogens is 274 g/mol. The van der Waals surface area contributed by atoms with Crippen LogP contribution in [0.4, 0.5) is 0 Å². The van der Waals surface area contributed by atoms with Gasteiger partial charge in [0.25, 0.3) is 5.91 Å². The highest BCUT2D eigenvalue weighted by Crippen LogP contribution is 2.19. The molecule has 0 aromatic heterocycles. The maximum Gasteiger partial charge on any atom is 0.310 e. The number of hydrogen-bond donors (Lipinski definition) is 2. The van der Waals surface area contributed by atoms with Crippen LogP contribution in [0, 0.1) is 5.41 Å². The van der Waals surface area contributed by atoms with Crippen LogP contribution >= 0.6 is 0 Å². The molecule has 0 fully saturated rings. The van der Waals surface area contributed by atoms with Crippen LogP contribution in [0.5, 0.6) is 5.75 Å². The number of carboxylic acids is 1. The number of carbonyl (C=O) groups is 2. The molecule has 0 atom stereocenters. The van der Waals surface area contributed by atoms with Crippen LogP contribution in [0.1, 0.15) is 24.2 Å². The SMILES string of the molecule is COCCOc1ccccc1C(=O)NCC(C)(C)C(=O)O. The van der Waals surface area contributed by atoms with Crippen molar-refractivity contribution in [1.82, 2.24) is 5.32 Å². The molecule has 0 unspecified atom stereocenters. The molecule has 0 saturated heterocycles. The first-order valence-electron chi connectivity index (χ1n) is 6.61. The first kappa shape index (κ1) is 17.0. The lowest BCUT2D eigenvalue weighted by Crippen LogP contribution is -2.39. The number of nitrogens with one attached hydrogen (secondary N) is 1. The fourth-order valence-electron chi connectivity index (χ4n) is 1.49. The van der Waals surface area contributed by atoms with Crippen LogP contribution < -0.4 is 10.1 Å². The van der Waals surface area contributed by atoms with Gasteiger partial charge in [0.15, 0.2) is 0 Å². The van der Waals surface area contributed by atoms with E-state index < -0.39 is 11.4 Å². The highest BCUT2D eigenvalue weighted by atomic mass is 16.5. The van der Waals surface area contributed by atoms with Crippen LogP contribution in [0.2, 0.25) is 0 Å². The third kappa shape index (κ3) is 5.07. The van der Waals surface area contributed by atoms with Crippen LogP contribution in [0.15, 0.2) is 24.3 Å². The van der Waals surface area contributed by atoms with Gasteiger partial charge >= 0.3 is 5.97 Å². The number of rotatable bonds is 8. The van der Waals surface area contributed by atoms with Crippen LogP contribution in [-0.2, 0) is 9.53 Å². The zero-order valence-corrected chi connectivity index (χ0v) is 12.5. The van der Waals surface area contributed by atoms with Gasteiger partial charge < -0.3 is 19.9 Å². The Balaban J connectivity index is 2.71. The van der Waals surface area contributed by atoms with E-state index in [9.17, 15) is 9.59 Å². The number of ether oxygens (including phenoxy) is 2. The summed E-state index contributed by atoms with van der Waals surface area (Å²) in [6.07, 6.45) is 0. The maximum atomic E-state index is 12.2. The largest absolute Gasteiger partial charge is 0.490 e. The Morgan fingerprint density at radius 1 is 1.24 bits per heavy atom. The van der Waals surface area contributed by atoms with Crippen molar-refractivity contribution in [2.75, 3.05) is 26.9 Å².